The number of nitrogens with zero attached hydrogens (tertiary/aromatic N) is 2. The van der Waals surface area contributed by atoms with Crippen LogP contribution in [0.3, 0.4) is 0 Å². The summed E-state index contributed by atoms with van der Waals surface area (Å²) in [5, 5.41) is 4.58. The number of hydrogen-bond acceptors (Lipinski definition) is 4. The Kier molecular flexibility index (Phi) is 3.43. The molecule has 4 nitrogen and oxygen atoms in total. The van der Waals surface area contributed by atoms with E-state index in [4.69, 9.17) is 10.5 Å². The number of ether oxygens (including phenoxy) is 1. The number of aromatic nitrogens is 2. The number of benzene rings is 1. The molecule has 2 aromatic heterocycles. The molecule has 1 aromatic carbocycles. The zero-order valence-corrected chi connectivity index (χ0v) is 13.1. The van der Waals surface area contributed by atoms with Gasteiger partial charge in [0.2, 0.25) is 0 Å². The lowest BCUT2D eigenvalue weighted by atomic mass is 10.0. The van der Waals surface area contributed by atoms with Gasteiger partial charge in [-0.05, 0) is 36.8 Å². The van der Waals surface area contributed by atoms with Crippen LogP contribution in [0.15, 0.2) is 36.4 Å². The molecule has 0 spiro atoms. The van der Waals surface area contributed by atoms with Gasteiger partial charge in [0.05, 0.1) is 17.6 Å². The van der Waals surface area contributed by atoms with Crippen molar-refractivity contribution in [1.82, 2.24) is 9.78 Å². The predicted octanol–water partition coefficient (Wildman–Crippen LogP) is 3.71. The van der Waals surface area contributed by atoms with E-state index in [1.807, 2.05) is 31.3 Å². The molecule has 0 aliphatic carbocycles. The minimum atomic E-state index is 0.668. The zero-order valence-electron chi connectivity index (χ0n) is 12.3. The van der Waals surface area contributed by atoms with Gasteiger partial charge in [0, 0.05) is 11.9 Å². The number of anilines is 1. The summed E-state index contributed by atoms with van der Waals surface area (Å²) in [6, 6.07) is 12.1. The number of methoxy groups -OCH3 is 1. The van der Waals surface area contributed by atoms with E-state index in [-0.39, 0.29) is 0 Å². The van der Waals surface area contributed by atoms with Crippen LogP contribution in [0.25, 0.3) is 21.7 Å². The van der Waals surface area contributed by atoms with Crippen molar-refractivity contribution in [2.75, 3.05) is 12.8 Å². The predicted molar refractivity (Wildman–Crippen MR) is 87.7 cm³/mol. The Bertz CT molecular complexity index is 771. The lowest BCUT2D eigenvalue weighted by molar-refractivity contribution is 0.415. The molecule has 0 saturated carbocycles. The first kappa shape index (κ1) is 13.7. The maximum absolute atomic E-state index is 6.22. The summed E-state index contributed by atoms with van der Waals surface area (Å²) in [5.74, 6) is 1.50. The fraction of sp³-hybridized carbons (Fsp3) is 0.188. The lowest BCUT2D eigenvalue weighted by Crippen LogP contribution is -1.98. The van der Waals surface area contributed by atoms with Crippen molar-refractivity contribution in [2.45, 2.75) is 6.92 Å². The van der Waals surface area contributed by atoms with Gasteiger partial charge in [0.15, 0.2) is 0 Å². The van der Waals surface area contributed by atoms with E-state index in [0.717, 1.165) is 27.4 Å². The Hall–Kier alpha value is -2.27. The number of rotatable bonds is 3. The molecule has 3 rings (SSSR count). The second-order valence-corrected chi connectivity index (χ2v) is 6.16. The van der Waals surface area contributed by atoms with E-state index in [2.05, 4.69) is 24.2 Å². The maximum atomic E-state index is 6.22. The molecule has 108 valence electrons. The number of nitrogen functional groups attached to an aromatic ring is 1. The van der Waals surface area contributed by atoms with Gasteiger partial charge in [0.25, 0.3) is 0 Å². The topological polar surface area (TPSA) is 53.1 Å². The van der Waals surface area contributed by atoms with Crippen LogP contribution in [0.2, 0.25) is 0 Å². The Balaban J connectivity index is 2.16. The van der Waals surface area contributed by atoms with E-state index in [1.54, 1.807) is 23.1 Å². The van der Waals surface area contributed by atoms with E-state index in [1.165, 1.54) is 4.88 Å². The van der Waals surface area contributed by atoms with Crippen LogP contribution in [0.5, 0.6) is 5.75 Å². The lowest BCUT2D eigenvalue weighted by Gasteiger charge is -2.05. The molecule has 21 heavy (non-hydrogen) atoms. The first-order valence-electron chi connectivity index (χ1n) is 6.64. The smallest absolute Gasteiger partial charge is 0.129 e. The van der Waals surface area contributed by atoms with Gasteiger partial charge in [-0.2, -0.15) is 5.10 Å². The number of nitrogens with two attached hydrogens (primary N) is 1. The quantitative estimate of drug-likeness (QED) is 0.802. The summed E-state index contributed by atoms with van der Waals surface area (Å²) in [6.07, 6.45) is 0. The van der Waals surface area contributed by atoms with Crippen LogP contribution < -0.4 is 10.5 Å². The van der Waals surface area contributed by atoms with Crippen molar-refractivity contribution < 1.29 is 4.74 Å². The SMILES string of the molecule is COc1ccc(-c2c(-c3ccc(C)s3)nn(C)c2N)cc1. The molecule has 0 amide bonds. The third-order valence-corrected chi connectivity index (χ3v) is 4.45. The van der Waals surface area contributed by atoms with Crippen molar-refractivity contribution in [3.63, 3.8) is 0 Å². The molecule has 3 aromatic rings. The van der Waals surface area contributed by atoms with Crippen molar-refractivity contribution in [3.8, 4) is 27.4 Å². The van der Waals surface area contributed by atoms with Crippen LogP contribution in [0.1, 0.15) is 4.88 Å². The highest BCUT2D eigenvalue weighted by Gasteiger charge is 2.18. The fourth-order valence-electron chi connectivity index (χ4n) is 2.31. The van der Waals surface area contributed by atoms with E-state index < -0.39 is 0 Å². The fourth-order valence-corrected chi connectivity index (χ4v) is 3.17. The third kappa shape index (κ3) is 2.40. The van der Waals surface area contributed by atoms with E-state index in [0.29, 0.717) is 5.82 Å². The Morgan fingerprint density at radius 3 is 2.43 bits per heavy atom. The van der Waals surface area contributed by atoms with Gasteiger partial charge in [-0.1, -0.05) is 12.1 Å². The summed E-state index contributed by atoms with van der Waals surface area (Å²) in [7, 11) is 3.53. The Morgan fingerprint density at radius 1 is 1.14 bits per heavy atom. The zero-order chi connectivity index (χ0) is 15.0. The van der Waals surface area contributed by atoms with Crippen LogP contribution in [-0.4, -0.2) is 16.9 Å². The summed E-state index contributed by atoms with van der Waals surface area (Å²) in [6.45, 7) is 2.09. The highest BCUT2D eigenvalue weighted by Crippen LogP contribution is 2.39. The molecule has 0 radical (unpaired) electrons. The monoisotopic (exact) mass is 299 g/mol. The standard InChI is InChI=1S/C16H17N3OS/c1-10-4-9-13(21-10)15-14(16(17)19(2)18-15)11-5-7-12(20-3)8-6-11/h4-9H,17H2,1-3H3. The van der Waals surface area contributed by atoms with Crippen molar-refractivity contribution in [2.24, 2.45) is 7.05 Å². The number of thiophene rings is 1. The maximum Gasteiger partial charge on any atom is 0.129 e. The first-order chi connectivity index (χ1) is 10.1. The largest absolute Gasteiger partial charge is 0.497 e. The van der Waals surface area contributed by atoms with E-state index >= 15 is 0 Å². The third-order valence-electron chi connectivity index (χ3n) is 3.44. The first-order valence-corrected chi connectivity index (χ1v) is 7.45. The highest BCUT2D eigenvalue weighted by atomic mass is 32.1. The van der Waals surface area contributed by atoms with Crippen molar-refractivity contribution >= 4 is 17.2 Å². The molecule has 5 heteroatoms. The van der Waals surface area contributed by atoms with E-state index in [9.17, 15) is 0 Å². The normalized spacial score (nSPS) is 10.8. The van der Waals surface area contributed by atoms with Crippen molar-refractivity contribution in [1.29, 1.82) is 0 Å². The summed E-state index contributed by atoms with van der Waals surface area (Å²) in [5.41, 5.74) is 9.17. The second-order valence-electron chi connectivity index (χ2n) is 4.87. The van der Waals surface area contributed by atoms with Crippen molar-refractivity contribution in [3.05, 3.63) is 41.3 Å². The molecular weight excluding hydrogens is 282 g/mol. The molecule has 0 fully saturated rings. The van der Waals surface area contributed by atoms with Gasteiger partial charge in [-0.15, -0.1) is 11.3 Å². The molecule has 2 heterocycles. The highest BCUT2D eigenvalue weighted by molar-refractivity contribution is 7.15. The average molecular weight is 299 g/mol. The van der Waals surface area contributed by atoms with Gasteiger partial charge in [-0.3, -0.25) is 4.68 Å². The molecule has 0 saturated heterocycles. The summed E-state index contributed by atoms with van der Waals surface area (Å²) in [4.78, 5) is 2.39. The summed E-state index contributed by atoms with van der Waals surface area (Å²) < 4.78 is 6.93. The van der Waals surface area contributed by atoms with Crippen LogP contribution in [0, 0.1) is 6.92 Å². The Morgan fingerprint density at radius 2 is 1.86 bits per heavy atom. The second kappa shape index (κ2) is 5.26. The molecule has 2 N–H and O–H groups in total. The minimum absolute atomic E-state index is 0.668. The molecule has 0 atom stereocenters. The Labute approximate surface area is 127 Å². The molecule has 0 aliphatic heterocycles. The molecule has 0 bridgehead atoms. The molecular formula is C16H17N3OS. The van der Waals surface area contributed by atoms with Gasteiger partial charge < -0.3 is 10.5 Å². The van der Waals surface area contributed by atoms with Gasteiger partial charge >= 0.3 is 0 Å². The van der Waals surface area contributed by atoms with Crippen LogP contribution >= 0.6 is 11.3 Å². The summed E-state index contributed by atoms with van der Waals surface area (Å²) >= 11 is 1.72. The number of hydrogen-bond donors (Lipinski definition) is 1. The molecule has 0 aliphatic rings. The molecule has 0 unspecified atom stereocenters. The van der Waals surface area contributed by atoms with Crippen LogP contribution in [-0.2, 0) is 7.05 Å². The average Bonchev–Trinajstić information content (AvgIpc) is 3.04. The van der Waals surface area contributed by atoms with Gasteiger partial charge in [-0.25, -0.2) is 0 Å². The minimum Gasteiger partial charge on any atom is -0.497 e. The van der Waals surface area contributed by atoms with Gasteiger partial charge in [0.1, 0.15) is 17.3 Å². The number of aryl methyl sites for hydroxylation is 2. The van der Waals surface area contributed by atoms with Crippen LogP contribution in [0.4, 0.5) is 5.82 Å².